The van der Waals surface area contributed by atoms with Gasteiger partial charge in [-0.25, -0.2) is 0 Å². The first-order valence-electron chi connectivity index (χ1n) is 9.00. The number of ketones is 1. The molecule has 3 nitrogen and oxygen atoms in total. The molecule has 1 saturated carbocycles. The van der Waals surface area contributed by atoms with Crippen LogP contribution in [0.3, 0.4) is 0 Å². The maximum atomic E-state index is 12.5. The third-order valence-corrected chi connectivity index (χ3v) is 5.60. The topological polar surface area (TPSA) is 46.2 Å². The standard InChI is InChI=1S/C20H28ClNO2/c1-3-4-11-20(12-9-16(10-13-20)15(2)23)14-19(24)22-18-7-5-17(21)6-8-18/h5-8,16H,3-4,9-14H2,1-2H3,(H,22,24). The molecule has 24 heavy (non-hydrogen) atoms. The van der Waals surface area contributed by atoms with Gasteiger partial charge in [0.15, 0.2) is 0 Å². The minimum Gasteiger partial charge on any atom is -0.326 e. The lowest BCUT2D eigenvalue weighted by Crippen LogP contribution is -2.33. The Morgan fingerprint density at radius 2 is 1.83 bits per heavy atom. The number of unbranched alkanes of at least 4 members (excludes halogenated alkanes) is 1. The fourth-order valence-electron chi connectivity index (χ4n) is 3.78. The number of nitrogens with one attached hydrogen (secondary N) is 1. The second-order valence-corrected chi connectivity index (χ2v) is 7.66. The fraction of sp³-hybridized carbons (Fsp3) is 0.600. The molecule has 1 fully saturated rings. The molecule has 0 aromatic heterocycles. The first-order valence-corrected chi connectivity index (χ1v) is 9.38. The number of halogens is 1. The number of amides is 1. The van der Waals surface area contributed by atoms with Crippen molar-refractivity contribution in [2.75, 3.05) is 5.32 Å². The quantitative estimate of drug-likeness (QED) is 0.693. The van der Waals surface area contributed by atoms with Crippen LogP contribution in [0.25, 0.3) is 0 Å². The number of anilines is 1. The number of rotatable bonds is 7. The van der Waals surface area contributed by atoms with E-state index in [4.69, 9.17) is 11.6 Å². The van der Waals surface area contributed by atoms with E-state index in [-0.39, 0.29) is 17.2 Å². The molecule has 0 heterocycles. The fourth-order valence-corrected chi connectivity index (χ4v) is 3.91. The van der Waals surface area contributed by atoms with Gasteiger partial charge in [-0.2, -0.15) is 0 Å². The third kappa shape index (κ3) is 5.34. The average molecular weight is 350 g/mol. The minimum absolute atomic E-state index is 0.0540. The molecule has 2 rings (SSSR count). The van der Waals surface area contributed by atoms with Crippen LogP contribution in [0.4, 0.5) is 5.69 Å². The monoisotopic (exact) mass is 349 g/mol. The molecule has 1 N–H and O–H groups in total. The second-order valence-electron chi connectivity index (χ2n) is 7.22. The van der Waals surface area contributed by atoms with Gasteiger partial charge in [0.25, 0.3) is 0 Å². The van der Waals surface area contributed by atoms with Gasteiger partial charge in [-0.3, -0.25) is 9.59 Å². The summed E-state index contributed by atoms with van der Waals surface area (Å²) in [5, 5.41) is 3.65. The molecule has 0 spiro atoms. The molecule has 0 saturated heterocycles. The van der Waals surface area contributed by atoms with Crippen molar-refractivity contribution in [1.82, 2.24) is 0 Å². The highest BCUT2D eigenvalue weighted by molar-refractivity contribution is 6.30. The minimum atomic E-state index is 0.0540. The van der Waals surface area contributed by atoms with Gasteiger partial charge >= 0.3 is 0 Å². The predicted molar refractivity (Wildman–Crippen MR) is 99.3 cm³/mol. The number of carbonyl (C=O) groups is 2. The average Bonchev–Trinajstić information content (AvgIpc) is 2.55. The number of Topliss-reactive ketones (excluding diaryl/α,β-unsaturated/α-hetero) is 1. The molecule has 1 aromatic carbocycles. The van der Waals surface area contributed by atoms with Crippen LogP contribution in [-0.2, 0) is 9.59 Å². The van der Waals surface area contributed by atoms with Crippen LogP contribution >= 0.6 is 11.6 Å². The van der Waals surface area contributed by atoms with Crippen LogP contribution < -0.4 is 5.32 Å². The Kier molecular flexibility index (Phi) is 6.85. The van der Waals surface area contributed by atoms with Crippen LogP contribution in [0.15, 0.2) is 24.3 Å². The highest BCUT2D eigenvalue weighted by atomic mass is 35.5. The van der Waals surface area contributed by atoms with Gasteiger partial charge < -0.3 is 5.32 Å². The van der Waals surface area contributed by atoms with Gasteiger partial charge in [-0.1, -0.05) is 31.4 Å². The Hall–Kier alpha value is -1.35. The lowest BCUT2D eigenvalue weighted by Gasteiger charge is -2.39. The molecule has 0 bridgehead atoms. The molecule has 0 atom stereocenters. The molecule has 0 radical (unpaired) electrons. The van der Waals surface area contributed by atoms with Crippen molar-refractivity contribution < 1.29 is 9.59 Å². The lowest BCUT2D eigenvalue weighted by molar-refractivity contribution is -0.123. The van der Waals surface area contributed by atoms with Gasteiger partial charge in [0.05, 0.1) is 0 Å². The Bertz CT molecular complexity index is 560. The Labute approximate surface area is 150 Å². The van der Waals surface area contributed by atoms with E-state index in [0.717, 1.165) is 50.6 Å². The molecular weight excluding hydrogens is 322 g/mol. The van der Waals surface area contributed by atoms with E-state index in [2.05, 4.69) is 12.2 Å². The van der Waals surface area contributed by atoms with Gasteiger partial charge in [0.2, 0.25) is 5.91 Å². The molecular formula is C20H28ClNO2. The van der Waals surface area contributed by atoms with E-state index < -0.39 is 0 Å². The highest BCUT2D eigenvalue weighted by Gasteiger charge is 2.37. The third-order valence-electron chi connectivity index (χ3n) is 5.35. The van der Waals surface area contributed by atoms with Gasteiger partial charge in [-0.15, -0.1) is 0 Å². The maximum Gasteiger partial charge on any atom is 0.224 e. The number of benzene rings is 1. The molecule has 1 aliphatic rings. The number of carbonyl (C=O) groups excluding carboxylic acids is 2. The van der Waals surface area contributed by atoms with Crippen molar-refractivity contribution >= 4 is 29.0 Å². The van der Waals surface area contributed by atoms with Crippen LogP contribution in [0.1, 0.15) is 65.2 Å². The normalized spacial score (nSPS) is 23.7. The predicted octanol–water partition coefficient (Wildman–Crippen LogP) is 5.62. The van der Waals surface area contributed by atoms with E-state index in [9.17, 15) is 9.59 Å². The summed E-state index contributed by atoms with van der Waals surface area (Å²) in [6.45, 7) is 3.87. The summed E-state index contributed by atoms with van der Waals surface area (Å²) in [6.07, 6.45) is 7.69. The molecule has 0 unspecified atom stereocenters. The molecule has 1 amide bonds. The lowest BCUT2D eigenvalue weighted by atomic mass is 9.65. The molecule has 4 heteroatoms. The Morgan fingerprint density at radius 1 is 1.21 bits per heavy atom. The SMILES string of the molecule is CCCCC1(CC(=O)Nc2ccc(Cl)cc2)CCC(C(C)=O)CC1. The van der Waals surface area contributed by atoms with Crippen molar-refractivity contribution in [3.63, 3.8) is 0 Å². The summed E-state index contributed by atoms with van der Waals surface area (Å²) < 4.78 is 0. The van der Waals surface area contributed by atoms with E-state index in [1.165, 1.54) is 0 Å². The largest absolute Gasteiger partial charge is 0.326 e. The van der Waals surface area contributed by atoms with Gasteiger partial charge in [0.1, 0.15) is 5.78 Å². The van der Waals surface area contributed by atoms with Crippen molar-refractivity contribution in [3.8, 4) is 0 Å². The Morgan fingerprint density at radius 3 is 2.38 bits per heavy atom. The summed E-state index contributed by atoms with van der Waals surface area (Å²) in [4.78, 5) is 24.2. The number of hydrogen-bond donors (Lipinski definition) is 1. The van der Waals surface area contributed by atoms with E-state index in [0.29, 0.717) is 17.2 Å². The summed E-state index contributed by atoms with van der Waals surface area (Å²) in [7, 11) is 0. The number of hydrogen-bond acceptors (Lipinski definition) is 2. The first-order chi connectivity index (χ1) is 11.4. The zero-order valence-corrected chi connectivity index (χ0v) is 15.5. The molecule has 0 aliphatic heterocycles. The summed E-state index contributed by atoms with van der Waals surface area (Å²) in [6, 6.07) is 7.21. The Balaban J connectivity index is 1.99. The smallest absolute Gasteiger partial charge is 0.224 e. The maximum absolute atomic E-state index is 12.5. The van der Waals surface area contributed by atoms with Gasteiger partial charge in [0, 0.05) is 23.0 Å². The molecule has 1 aliphatic carbocycles. The van der Waals surface area contributed by atoms with Gasteiger partial charge in [-0.05, 0) is 68.7 Å². The molecule has 1 aromatic rings. The second kappa shape index (κ2) is 8.66. The van der Waals surface area contributed by atoms with Crippen molar-refractivity contribution in [1.29, 1.82) is 0 Å². The zero-order valence-electron chi connectivity index (χ0n) is 14.7. The van der Waals surface area contributed by atoms with Crippen molar-refractivity contribution in [3.05, 3.63) is 29.3 Å². The van der Waals surface area contributed by atoms with E-state index in [1.807, 2.05) is 12.1 Å². The van der Waals surface area contributed by atoms with Crippen molar-refractivity contribution in [2.24, 2.45) is 11.3 Å². The van der Waals surface area contributed by atoms with Crippen LogP contribution in [0, 0.1) is 11.3 Å². The summed E-state index contributed by atoms with van der Waals surface area (Å²) >= 11 is 5.88. The van der Waals surface area contributed by atoms with Crippen LogP contribution in [0.2, 0.25) is 5.02 Å². The van der Waals surface area contributed by atoms with E-state index >= 15 is 0 Å². The van der Waals surface area contributed by atoms with Crippen LogP contribution in [-0.4, -0.2) is 11.7 Å². The zero-order chi connectivity index (χ0) is 17.6. The highest BCUT2D eigenvalue weighted by Crippen LogP contribution is 2.45. The summed E-state index contributed by atoms with van der Waals surface area (Å²) in [5.41, 5.74) is 0.839. The van der Waals surface area contributed by atoms with Crippen LogP contribution in [0.5, 0.6) is 0 Å². The first kappa shape index (κ1) is 19.0. The van der Waals surface area contributed by atoms with Crippen molar-refractivity contribution in [2.45, 2.75) is 65.2 Å². The molecule has 132 valence electrons. The summed E-state index contributed by atoms with van der Waals surface area (Å²) in [5.74, 6) is 0.554. The van der Waals surface area contributed by atoms with E-state index in [1.54, 1.807) is 19.1 Å².